The fourth-order valence-corrected chi connectivity index (χ4v) is 2.13. The second kappa shape index (κ2) is 5.34. The molecule has 1 heterocycles. The van der Waals surface area contributed by atoms with Crippen molar-refractivity contribution in [1.29, 1.82) is 0 Å². The normalized spacial score (nSPS) is 12.5. The van der Waals surface area contributed by atoms with Crippen molar-refractivity contribution in [1.82, 2.24) is 0 Å². The molecule has 2 aromatic rings. The van der Waals surface area contributed by atoms with E-state index in [1.807, 2.05) is 0 Å². The van der Waals surface area contributed by atoms with E-state index >= 15 is 0 Å². The molecule has 1 aromatic carbocycles. The van der Waals surface area contributed by atoms with Crippen LogP contribution in [-0.2, 0) is 11.2 Å². The first kappa shape index (κ1) is 14.1. The van der Waals surface area contributed by atoms with Crippen molar-refractivity contribution in [3.8, 4) is 5.75 Å². The quantitative estimate of drug-likeness (QED) is 0.775. The van der Waals surface area contributed by atoms with Gasteiger partial charge in [0, 0.05) is 18.6 Å². The molecule has 0 aliphatic carbocycles. The number of aliphatic hydroxyl groups excluding tert-OH is 1. The second-order valence-corrected chi connectivity index (χ2v) is 4.67. The minimum absolute atomic E-state index is 0.0265. The largest absolute Gasteiger partial charge is 0.508 e. The maximum Gasteiger partial charge on any atom is 0.305 e. The summed E-state index contributed by atoms with van der Waals surface area (Å²) in [5.74, 6) is -0.975. The Kier molecular flexibility index (Phi) is 3.76. The molecule has 6 heteroatoms. The summed E-state index contributed by atoms with van der Waals surface area (Å²) in [6.07, 6.45) is -1.64. The molecular formula is C14H14O6. The van der Waals surface area contributed by atoms with Gasteiger partial charge in [0.2, 0.25) is 0 Å². The number of carbonyl (C=O) groups is 1. The zero-order valence-corrected chi connectivity index (χ0v) is 10.8. The molecule has 1 atom stereocenters. The van der Waals surface area contributed by atoms with E-state index in [1.54, 1.807) is 6.92 Å². The number of aliphatic hydroxyl groups is 1. The molecule has 0 amide bonds. The smallest absolute Gasteiger partial charge is 0.305 e. The maximum atomic E-state index is 12.0. The van der Waals surface area contributed by atoms with Crippen molar-refractivity contribution in [3.63, 3.8) is 0 Å². The van der Waals surface area contributed by atoms with Crippen molar-refractivity contribution < 1.29 is 24.5 Å². The summed E-state index contributed by atoms with van der Waals surface area (Å²) in [6, 6.07) is 4.01. The van der Waals surface area contributed by atoms with Crippen LogP contribution in [-0.4, -0.2) is 27.4 Å². The van der Waals surface area contributed by atoms with Crippen molar-refractivity contribution in [2.45, 2.75) is 25.9 Å². The molecule has 1 aromatic heterocycles. The molecule has 0 aliphatic rings. The van der Waals surface area contributed by atoms with Gasteiger partial charge >= 0.3 is 5.97 Å². The Hall–Kier alpha value is -2.34. The first-order valence-corrected chi connectivity index (χ1v) is 6.03. The molecule has 2 rings (SSSR count). The molecule has 0 unspecified atom stereocenters. The van der Waals surface area contributed by atoms with Crippen molar-refractivity contribution in [2.24, 2.45) is 0 Å². The van der Waals surface area contributed by atoms with Crippen LogP contribution in [0.25, 0.3) is 11.0 Å². The zero-order valence-electron chi connectivity index (χ0n) is 10.8. The van der Waals surface area contributed by atoms with Gasteiger partial charge in [0.25, 0.3) is 0 Å². The first-order chi connectivity index (χ1) is 9.36. The Morgan fingerprint density at radius 2 is 2.05 bits per heavy atom. The van der Waals surface area contributed by atoms with Gasteiger partial charge in [-0.3, -0.25) is 9.59 Å². The standard InChI is InChI=1S/C14H14O6/c1-7-2-8(15)4-12-14(7)11(17)6-10(20-12)3-9(16)5-13(18)19/h2,4,6,9,15-16H,3,5H2,1H3,(H,18,19)/t9-/m1/s1. The first-order valence-electron chi connectivity index (χ1n) is 6.03. The zero-order chi connectivity index (χ0) is 14.9. The third-order valence-electron chi connectivity index (χ3n) is 2.91. The van der Waals surface area contributed by atoms with Gasteiger partial charge in [-0.2, -0.15) is 0 Å². The van der Waals surface area contributed by atoms with Crippen LogP contribution >= 0.6 is 0 Å². The van der Waals surface area contributed by atoms with Gasteiger partial charge in [-0.25, -0.2) is 0 Å². The molecule has 20 heavy (non-hydrogen) atoms. The number of carboxylic acids is 1. The lowest BCUT2D eigenvalue weighted by Gasteiger charge is -2.08. The molecule has 106 valence electrons. The number of aromatic hydroxyl groups is 1. The highest BCUT2D eigenvalue weighted by molar-refractivity contribution is 5.81. The summed E-state index contributed by atoms with van der Waals surface area (Å²) in [6.45, 7) is 1.68. The lowest BCUT2D eigenvalue weighted by Crippen LogP contribution is -2.16. The Morgan fingerprint density at radius 1 is 1.35 bits per heavy atom. The second-order valence-electron chi connectivity index (χ2n) is 4.67. The van der Waals surface area contributed by atoms with E-state index in [-0.39, 0.29) is 28.9 Å². The van der Waals surface area contributed by atoms with Gasteiger partial charge in [-0.1, -0.05) is 0 Å². The van der Waals surface area contributed by atoms with Gasteiger partial charge in [-0.15, -0.1) is 0 Å². The average Bonchev–Trinajstić information content (AvgIpc) is 2.25. The van der Waals surface area contributed by atoms with E-state index < -0.39 is 18.5 Å². The fraction of sp³-hybridized carbons (Fsp3) is 0.286. The van der Waals surface area contributed by atoms with Crippen LogP contribution in [0.3, 0.4) is 0 Å². The summed E-state index contributed by atoms with van der Waals surface area (Å²) in [5.41, 5.74) is 0.514. The van der Waals surface area contributed by atoms with Crippen molar-refractivity contribution in [2.75, 3.05) is 0 Å². The Bertz CT molecular complexity index is 715. The molecule has 0 radical (unpaired) electrons. The molecule has 6 nitrogen and oxygen atoms in total. The fourth-order valence-electron chi connectivity index (χ4n) is 2.13. The van der Waals surface area contributed by atoms with E-state index in [4.69, 9.17) is 9.52 Å². The summed E-state index contributed by atoms with van der Waals surface area (Å²) >= 11 is 0. The molecule has 3 N–H and O–H groups in total. The van der Waals surface area contributed by atoms with E-state index in [0.29, 0.717) is 10.9 Å². The highest BCUT2D eigenvalue weighted by Crippen LogP contribution is 2.23. The van der Waals surface area contributed by atoms with Gasteiger partial charge in [-0.05, 0) is 18.6 Å². The van der Waals surface area contributed by atoms with Crippen LogP contribution in [0, 0.1) is 6.92 Å². The summed E-state index contributed by atoms with van der Waals surface area (Å²) in [4.78, 5) is 22.5. The monoisotopic (exact) mass is 278 g/mol. The summed E-state index contributed by atoms with van der Waals surface area (Å²) in [7, 11) is 0. The molecule has 0 saturated carbocycles. The number of fused-ring (bicyclic) bond motifs is 1. The number of hydrogen-bond donors (Lipinski definition) is 3. The average molecular weight is 278 g/mol. The van der Waals surface area contributed by atoms with Crippen molar-refractivity contribution in [3.05, 3.63) is 39.7 Å². The lowest BCUT2D eigenvalue weighted by atomic mass is 10.1. The minimum atomic E-state index is -1.13. The molecule has 0 bridgehead atoms. The number of rotatable bonds is 4. The number of aliphatic carboxylic acids is 1. The number of phenols is 1. The van der Waals surface area contributed by atoms with Crippen molar-refractivity contribution >= 4 is 16.9 Å². The van der Waals surface area contributed by atoms with Gasteiger partial charge in [0.15, 0.2) is 5.43 Å². The third-order valence-corrected chi connectivity index (χ3v) is 2.91. The molecule has 0 saturated heterocycles. The Balaban J connectivity index is 2.42. The van der Waals surface area contributed by atoms with E-state index in [0.717, 1.165) is 0 Å². The predicted octanol–water partition coefficient (Wildman–Crippen LogP) is 1.19. The predicted molar refractivity (Wildman–Crippen MR) is 70.8 cm³/mol. The van der Waals surface area contributed by atoms with E-state index in [9.17, 15) is 19.8 Å². The highest BCUT2D eigenvalue weighted by atomic mass is 16.4. The van der Waals surface area contributed by atoms with Crippen LogP contribution in [0.5, 0.6) is 5.75 Å². The number of phenolic OH excluding ortho intramolecular Hbond substituents is 1. The van der Waals surface area contributed by atoms with Crippen LogP contribution in [0.4, 0.5) is 0 Å². The Labute approximate surface area is 113 Å². The SMILES string of the molecule is Cc1cc(O)cc2oc(C[C@@H](O)CC(=O)O)cc(=O)c12. The number of carboxylic acid groups (broad SMARTS) is 1. The molecule has 0 spiro atoms. The number of hydrogen-bond acceptors (Lipinski definition) is 5. The molecule has 0 aliphatic heterocycles. The van der Waals surface area contributed by atoms with Gasteiger partial charge in [0.1, 0.15) is 17.1 Å². The maximum absolute atomic E-state index is 12.0. The summed E-state index contributed by atoms with van der Waals surface area (Å²) in [5, 5.41) is 28.0. The minimum Gasteiger partial charge on any atom is -0.508 e. The molecular weight excluding hydrogens is 264 g/mol. The van der Waals surface area contributed by atoms with Crippen LogP contribution < -0.4 is 5.43 Å². The van der Waals surface area contributed by atoms with E-state index in [1.165, 1.54) is 18.2 Å². The van der Waals surface area contributed by atoms with Crippen LogP contribution in [0.2, 0.25) is 0 Å². The number of aryl methyl sites for hydroxylation is 1. The van der Waals surface area contributed by atoms with Crippen LogP contribution in [0.1, 0.15) is 17.7 Å². The highest BCUT2D eigenvalue weighted by Gasteiger charge is 2.14. The molecule has 0 fully saturated rings. The topological polar surface area (TPSA) is 108 Å². The van der Waals surface area contributed by atoms with E-state index in [2.05, 4.69) is 0 Å². The van der Waals surface area contributed by atoms with Crippen LogP contribution in [0.15, 0.2) is 27.4 Å². The Morgan fingerprint density at radius 3 is 2.70 bits per heavy atom. The lowest BCUT2D eigenvalue weighted by molar-refractivity contribution is -0.139. The van der Waals surface area contributed by atoms with Gasteiger partial charge in [0.05, 0.1) is 17.9 Å². The number of benzene rings is 1. The summed E-state index contributed by atoms with van der Waals surface area (Å²) < 4.78 is 5.44. The van der Waals surface area contributed by atoms with Gasteiger partial charge < -0.3 is 19.7 Å². The third kappa shape index (κ3) is 2.97.